The van der Waals surface area contributed by atoms with Gasteiger partial charge in [0.15, 0.2) is 5.82 Å². The van der Waals surface area contributed by atoms with Gasteiger partial charge in [-0.1, -0.05) is 31.9 Å². The molecule has 1 amide bonds. The molecule has 0 aliphatic rings. The maximum Gasteiger partial charge on any atom is 0.264 e. The quantitative estimate of drug-likeness (QED) is 0.592. The predicted octanol–water partition coefficient (Wildman–Crippen LogP) is 3.24. The smallest absolute Gasteiger partial charge is 0.264 e. The van der Waals surface area contributed by atoms with Crippen LogP contribution in [0.5, 0.6) is 0 Å². The fourth-order valence-electron chi connectivity index (χ4n) is 3.09. The lowest BCUT2D eigenvalue weighted by Gasteiger charge is -2.23. The summed E-state index contributed by atoms with van der Waals surface area (Å²) in [5, 5.41) is 10.6. The van der Waals surface area contributed by atoms with Gasteiger partial charge in [0.2, 0.25) is 0 Å². The molecular formula is C21H24FN5O2. The van der Waals surface area contributed by atoms with Gasteiger partial charge in [-0.2, -0.15) is 10.2 Å². The highest BCUT2D eigenvalue weighted by atomic mass is 19.1. The molecule has 7 nitrogen and oxygen atoms in total. The number of rotatable bonds is 8. The minimum atomic E-state index is -0.309. The second-order valence-electron chi connectivity index (χ2n) is 6.90. The number of hydrogen-bond donors (Lipinski definition) is 1. The molecule has 1 aromatic carbocycles. The van der Waals surface area contributed by atoms with Crippen LogP contribution in [0.2, 0.25) is 0 Å². The first-order valence-corrected chi connectivity index (χ1v) is 9.64. The van der Waals surface area contributed by atoms with Crippen LogP contribution in [0, 0.1) is 12.7 Å². The van der Waals surface area contributed by atoms with E-state index in [1.165, 1.54) is 29.1 Å². The van der Waals surface area contributed by atoms with Crippen LogP contribution in [0.15, 0.2) is 47.4 Å². The molecule has 2 aromatic heterocycles. The minimum absolute atomic E-state index is 0.140. The van der Waals surface area contributed by atoms with E-state index in [0.29, 0.717) is 30.2 Å². The second-order valence-corrected chi connectivity index (χ2v) is 6.90. The van der Waals surface area contributed by atoms with Crippen molar-refractivity contribution in [1.29, 1.82) is 0 Å². The summed E-state index contributed by atoms with van der Waals surface area (Å²) < 4.78 is 14.7. The third-order valence-corrected chi connectivity index (χ3v) is 4.73. The molecule has 0 bridgehead atoms. The maximum atomic E-state index is 13.3. The Labute approximate surface area is 168 Å². The standard InChI is InChI=1S/C21H24FN5O2/c1-3-4-5-12-26(14-16-6-8-17(22)9-7-16)21(29)18-13-23-27(15(18)2)19-10-11-20(28)25-24-19/h6-11,13H,3-5,12,14H2,1-2H3,(H,25,28). The molecule has 8 heteroatoms. The van der Waals surface area contributed by atoms with Crippen molar-refractivity contribution in [2.24, 2.45) is 0 Å². The summed E-state index contributed by atoms with van der Waals surface area (Å²) >= 11 is 0. The van der Waals surface area contributed by atoms with Gasteiger partial charge in [0.25, 0.3) is 11.5 Å². The van der Waals surface area contributed by atoms with Crippen molar-refractivity contribution in [3.05, 3.63) is 75.6 Å². The molecule has 2 heterocycles. The third-order valence-electron chi connectivity index (χ3n) is 4.73. The van der Waals surface area contributed by atoms with Gasteiger partial charge in [-0.05, 0) is 37.1 Å². The Morgan fingerprint density at radius 2 is 1.93 bits per heavy atom. The van der Waals surface area contributed by atoms with E-state index in [9.17, 15) is 14.0 Å². The number of nitrogens with zero attached hydrogens (tertiary/aromatic N) is 4. The summed E-state index contributed by atoms with van der Waals surface area (Å²) in [5.74, 6) is -0.0149. The first-order valence-electron chi connectivity index (χ1n) is 9.64. The minimum Gasteiger partial charge on any atom is -0.334 e. The molecule has 0 spiro atoms. The highest BCUT2D eigenvalue weighted by Crippen LogP contribution is 2.17. The lowest BCUT2D eigenvalue weighted by molar-refractivity contribution is 0.0739. The van der Waals surface area contributed by atoms with Crippen molar-refractivity contribution in [3.63, 3.8) is 0 Å². The third kappa shape index (κ3) is 4.96. The van der Waals surface area contributed by atoms with E-state index in [-0.39, 0.29) is 17.3 Å². The number of unbranched alkanes of at least 4 members (excludes halogenated alkanes) is 2. The van der Waals surface area contributed by atoms with Crippen LogP contribution >= 0.6 is 0 Å². The molecule has 1 N–H and O–H groups in total. The number of amides is 1. The number of hydrogen-bond acceptors (Lipinski definition) is 4. The number of nitrogens with one attached hydrogen (secondary N) is 1. The largest absolute Gasteiger partial charge is 0.334 e. The first kappa shape index (κ1) is 20.4. The first-order chi connectivity index (χ1) is 14.0. The number of H-pyrrole nitrogens is 1. The molecule has 0 saturated heterocycles. The Morgan fingerprint density at radius 3 is 2.59 bits per heavy atom. The van der Waals surface area contributed by atoms with Crippen molar-refractivity contribution in [2.75, 3.05) is 6.54 Å². The number of aromatic nitrogens is 4. The van der Waals surface area contributed by atoms with Gasteiger partial charge in [0, 0.05) is 19.2 Å². The Morgan fingerprint density at radius 1 is 1.17 bits per heavy atom. The van der Waals surface area contributed by atoms with Crippen LogP contribution in [-0.2, 0) is 6.54 Å². The Kier molecular flexibility index (Phi) is 6.54. The highest BCUT2D eigenvalue weighted by Gasteiger charge is 2.21. The van der Waals surface area contributed by atoms with Gasteiger partial charge < -0.3 is 4.90 Å². The predicted molar refractivity (Wildman–Crippen MR) is 107 cm³/mol. The molecule has 0 unspecified atom stereocenters. The summed E-state index contributed by atoms with van der Waals surface area (Å²) in [6.07, 6.45) is 4.47. The zero-order chi connectivity index (χ0) is 20.8. The molecule has 0 atom stereocenters. The number of aromatic amines is 1. The molecule has 0 aliphatic carbocycles. The van der Waals surface area contributed by atoms with Gasteiger partial charge in [-0.15, -0.1) is 0 Å². The van der Waals surface area contributed by atoms with E-state index < -0.39 is 0 Å². The summed E-state index contributed by atoms with van der Waals surface area (Å²) in [6, 6.07) is 9.08. The average Bonchev–Trinajstić information content (AvgIpc) is 3.10. The molecule has 0 aliphatic heterocycles. The van der Waals surface area contributed by atoms with E-state index >= 15 is 0 Å². The Bertz CT molecular complexity index is 1010. The van der Waals surface area contributed by atoms with Crippen LogP contribution in [0.3, 0.4) is 0 Å². The number of halogens is 1. The second kappa shape index (κ2) is 9.27. The monoisotopic (exact) mass is 397 g/mol. The fourth-order valence-corrected chi connectivity index (χ4v) is 3.09. The van der Waals surface area contributed by atoms with E-state index in [0.717, 1.165) is 24.8 Å². The highest BCUT2D eigenvalue weighted by molar-refractivity contribution is 5.95. The molecule has 0 saturated carbocycles. The SMILES string of the molecule is CCCCCN(Cc1ccc(F)cc1)C(=O)c1cnn(-c2ccc(=O)[nH]n2)c1C. The van der Waals surface area contributed by atoms with Gasteiger partial charge in [-0.25, -0.2) is 14.2 Å². The summed E-state index contributed by atoms with van der Waals surface area (Å²) in [7, 11) is 0. The zero-order valence-electron chi connectivity index (χ0n) is 16.6. The van der Waals surface area contributed by atoms with Crippen molar-refractivity contribution >= 4 is 5.91 Å². The van der Waals surface area contributed by atoms with Crippen LogP contribution in [0.1, 0.15) is 47.8 Å². The lowest BCUT2D eigenvalue weighted by Crippen LogP contribution is -2.32. The van der Waals surface area contributed by atoms with Gasteiger partial charge >= 0.3 is 0 Å². The molecule has 3 aromatic rings. The average molecular weight is 397 g/mol. The van der Waals surface area contributed by atoms with Gasteiger partial charge in [-0.3, -0.25) is 9.59 Å². The van der Waals surface area contributed by atoms with E-state index in [4.69, 9.17) is 0 Å². The zero-order valence-corrected chi connectivity index (χ0v) is 16.6. The molecule has 0 radical (unpaired) electrons. The number of carbonyl (C=O) groups is 1. The molecular weight excluding hydrogens is 373 g/mol. The summed E-state index contributed by atoms with van der Waals surface area (Å²) in [4.78, 5) is 26.2. The summed E-state index contributed by atoms with van der Waals surface area (Å²) in [5.41, 5.74) is 1.66. The molecule has 152 valence electrons. The molecule has 0 fully saturated rings. The van der Waals surface area contributed by atoms with Gasteiger partial charge in [0.05, 0.1) is 17.5 Å². The number of carbonyl (C=O) groups excluding carboxylic acids is 1. The van der Waals surface area contributed by atoms with Crippen molar-refractivity contribution in [1.82, 2.24) is 24.9 Å². The Balaban J connectivity index is 1.85. The molecule has 3 rings (SSSR count). The van der Waals surface area contributed by atoms with E-state index in [1.807, 2.05) is 0 Å². The lowest BCUT2D eigenvalue weighted by atomic mass is 10.1. The van der Waals surface area contributed by atoms with Crippen LogP contribution in [0.4, 0.5) is 4.39 Å². The van der Waals surface area contributed by atoms with E-state index in [2.05, 4.69) is 22.2 Å². The fraction of sp³-hybridized carbons (Fsp3) is 0.333. The molecule has 29 heavy (non-hydrogen) atoms. The Hall–Kier alpha value is -3.29. The maximum absolute atomic E-state index is 13.3. The van der Waals surface area contributed by atoms with E-state index in [1.54, 1.807) is 30.0 Å². The van der Waals surface area contributed by atoms with Crippen LogP contribution in [0.25, 0.3) is 5.82 Å². The van der Waals surface area contributed by atoms with Crippen molar-refractivity contribution < 1.29 is 9.18 Å². The van der Waals surface area contributed by atoms with Crippen LogP contribution < -0.4 is 5.56 Å². The van der Waals surface area contributed by atoms with Crippen molar-refractivity contribution in [3.8, 4) is 5.82 Å². The number of benzene rings is 1. The topological polar surface area (TPSA) is 83.9 Å². The van der Waals surface area contributed by atoms with Crippen molar-refractivity contribution in [2.45, 2.75) is 39.7 Å². The van der Waals surface area contributed by atoms with Gasteiger partial charge in [0.1, 0.15) is 5.82 Å². The normalized spacial score (nSPS) is 10.9. The summed E-state index contributed by atoms with van der Waals surface area (Å²) in [6.45, 7) is 4.89. The van der Waals surface area contributed by atoms with Crippen LogP contribution in [-0.4, -0.2) is 37.3 Å².